The molecule has 0 bridgehead atoms. The van der Waals surface area contributed by atoms with E-state index in [1.54, 1.807) is 0 Å². The second-order valence-electron chi connectivity index (χ2n) is 6.83. The number of carbonyl (C=O) groups excluding carboxylic acids is 2. The lowest BCUT2D eigenvalue weighted by molar-refractivity contribution is -0.149. The summed E-state index contributed by atoms with van der Waals surface area (Å²) in [6, 6.07) is 16.2. The van der Waals surface area contributed by atoms with Crippen molar-refractivity contribution in [3.8, 4) is 0 Å². The number of nitrogens with two attached hydrogens (primary N) is 1. The third-order valence-corrected chi connectivity index (χ3v) is 4.65. The predicted octanol–water partition coefficient (Wildman–Crippen LogP) is 6.47. The molecule has 0 saturated heterocycles. The Kier molecular flexibility index (Phi) is 18.5. The Labute approximate surface area is 195 Å². The summed E-state index contributed by atoms with van der Waals surface area (Å²) in [7, 11) is 2.79. The molecule has 1 aliphatic rings. The molecule has 2 aromatic rings. The van der Waals surface area contributed by atoms with Crippen LogP contribution in [0.1, 0.15) is 70.1 Å². The number of anilines is 1. The van der Waals surface area contributed by atoms with Crippen molar-refractivity contribution in [1.29, 1.82) is 0 Å². The van der Waals surface area contributed by atoms with Crippen molar-refractivity contribution in [2.75, 3.05) is 20.0 Å². The molecule has 0 heterocycles. The Hall–Kier alpha value is -2.82. The van der Waals surface area contributed by atoms with E-state index in [0.717, 1.165) is 18.5 Å². The van der Waals surface area contributed by atoms with E-state index in [9.17, 15) is 9.59 Å². The van der Waals surface area contributed by atoms with Crippen LogP contribution in [0.4, 0.5) is 5.69 Å². The van der Waals surface area contributed by atoms with Gasteiger partial charge >= 0.3 is 11.9 Å². The fourth-order valence-corrected chi connectivity index (χ4v) is 2.71. The number of esters is 2. The van der Waals surface area contributed by atoms with Crippen LogP contribution in [0.25, 0.3) is 0 Å². The van der Waals surface area contributed by atoms with Crippen LogP contribution < -0.4 is 5.73 Å². The minimum atomic E-state index is -0.245. The first-order valence-corrected chi connectivity index (χ1v) is 11.3. The van der Waals surface area contributed by atoms with Crippen LogP contribution in [0.15, 0.2) is 48.5 Å². The molecule has 0 amide bonds. The average molecular weight is 446 g/mol. The number of methoxy groups -OCH3 is 2. The van der Waals surface area contributed by atoms with Gasteiger partial charge in [-0.3, -0.25) is 9.59 Å². The standard InChI is InChI=1S/C12H15NO2.C8H10.C3H6O2.2C2H6/c1-15-12(14)11-7-6-10(11)8-2-4-9(13)5-3-8;1-7-3-5-8(2)6-4-7;1-3(4)5-2;2*1-2/h2-5,10-11H,6-7,13H2,1H3;3-6H,1-2H3;1-2H3;2*1-2H3. The number of nitrogen functional groups attached to an aromatic ring is 1. The van der Waals surface area contributed by atoms with Crippen molar-refractivity contribution in [2.45, 2.75) is 67.2 Å². The molecule has 5 nitrogen and oxygen atoms in total. The van der Waals surface area contributed by atoms with Gasteiger partial charge in [0.2, 0.25) is 0 Å². The maximum absolute atomic E-state index is 11.4. The fourth-order valence-electron chi connectivity index (χ4n) is 2.71. The molecule has 1 aliphatic carbocycles. The number of benzene rings is 2. The Morgan fingerprint density at radius 3 is 1.47 bits per heavy atom. The third kappa shape index (κ3) is 12.8. The monoisotopic (exact) mass is 445 g/mol. The Morgan fingerprint density at radius 2 is 1.19 bits per heavy atom. The van der Waals surface area contributed by atoms with E-state index in [1.165, 1.54) is 37.8 Å². The molecule has 5 heteroatoms. The highest BCUT2D eigenvalue weighted by atomic mass is 16.5. The quantitative estimate of drug-likeness (QED) is 0.423. The maximum Gasteiger partial charge on any atom is 0.309 e. The third-order valence-electron chi connectivity index (χ3n) is 4.65. The minimum Gasteiger partial charge on any atom is -0.469 e. The van der Waals surface area contributed by atoms with Crippen LogP contribution >= 0.6 is 0 Å². The van der Waals surface area contributed by atoms with Crippen molar-refractivity contribution < 1.29 is 19.1 Å². The zero-order chi connectivity index (χ0) is 25.1. The van der Waals surface area contributed by atoms with Gasteiger partial charge in [-0.2, -0.15) is 0 Å². The van der Waals surface area contributed by atoms with Gasteiger partial charge in [-0.05, 0) is 50.3 Å². The summed E-state index contributed by atoms with van der Waals surface area (Å²) in [6.45, 7) is 13.6. The summed E-state index contributed by atoms with van der Waals surface area (Å²) < 4.78 is 8.88. The van der Waals surface area contributed by atoms with Gasteiger partial charge in [0.15, 0.2) is 0 Å². The van der Waals surface area contributed by atoms with E-state index < -0.39 is 0 Å². The predicted molar refractivity (Wildman–Crippen MR) is 135 cm³/mol. The Morgan fingerprint density at radius 1 is 0.781 bits per heavy atom. The highest BCUT2D eigenvalue weighted by Crippen LogP contribution is 2.43. The van der Waals surface area contributed by atoms with Crippen LogP contribution in [0.2, 0.25) is 0 Å². The second-order valence-corrected chi connectivity index (χ2v) is 6.83. The summed E-state index contributed by atoms with van der Waals surface area (Å²) in [6.07, 6.45) is 1.99. The van der Waals surface area contributed by atoms with Gasteiger partial charge in [0.05, 0.1) is 20.1 Å². The average Bonchev–Trinajstić information content (AvgIpc) is 2.80. The first-order valence-electron chi connectivity index (χ1n) is 11.3. The lowest BCUT2D eigenvalue weighted by Gasteiger charge is -2.34. The number of ether oxygens (including phenoxy) is 2. The van der Waals surface area contributed by atoms with Crippen LogP contribution in [-0.4, -0.2) is 26.2 Å². The normalized spacial score (nSPS) is 15.2. The first kappa shape index (κ1) is 31.4. The zero-order valence-electron chi connectivity index (χ0n) is 21.4. The van der Waals surface area contributed by atoms with Crippen LogP contribution in [-0.2, 0) is 19.1 Å². The lowest BCUT2D eigenvalue weighted by Crippen LogP contribution is -2.32. The molecule has 0 aliphatic heterocycles. The van der Waals surface area contributed by atoms with E-state index >= 15 is 0 Å². The van der Waals surface area contributed by atoms with Gasteiger partial charge in [0.25, 0.3) is 0 Å². The molecule has 1 saturated carbocycles. The van der Waals surface area contributed by atoms with Crippen molar-refractivity contribution in [3.05, 3.63) is 65.2 Å². The minimum absolute atomic E-state index is 0.0404. The van der Waals surface area contributed by atoms with Crippen LogP contribution in [0.5, 0.6) is 0 Å². The van der Waals surface area contributed by atoms with Crippen molar-refractivity contribution >= 4 is 17.6 Å². The van der Waals surface area contributed by atoms with Crippen molar-refractivity contribution in [2.24, 2.45) is 5.92 Å². The number of hydrogen-bond donors (Lipinski definition) is 1. The van der Waals surface area contributed by atoms with Gasteiger partial charge in [0, 0.05) is 12.6 Å². The molecular weight excluding hydrogens is 402 g/mol. The zero-order valence-corrected chi connectivity index (χ0v) is 21.4. The molecular formula is C27H43NO4. The highest BCUT2D eigenvalue weighted by Gasteiger charge is 2.38. The van der Waals surface area contributed by atoms with E-state index in [2.05, 4.69) is 42.8 Å². The first-order chi connectivity index (χ1) is 15.3. The largest absolute Gasteiger partial charge is 0.469 e. The smallest absolute Gasteiger partial charge is 0.309 e. The molecule has 1 fully saturated rings. The second kappa shape index (κ2) is 18.9. The van der Waals surface area contributed by atoms with E-state index in [0.29, 0.717) is 5.92 Å². The fraction of sp³-hybridized carbons (Fsp3) is 0.481. The van der Waals surface area contributed by atoms with Crippen LogP contribution in [0, 0.1) is 19.8 Å². The summed E-state index contributed by atoms with van der Waals surface area (Å²) in [5, 5.41) is 0. The number of hydrogen-bond acceptors (Lipinski definition) is 5. The van der Waals surface area contributed by atoms with Gasteiger partial charge in [0.1, 0.15) is 0 Å². The molecule has 32 heavy (non-hydrogen) atoms. The van der Waals surface area contributed by atoms with Crippen molar-refractivity contribution in [1.82, 2.24) is 0 Å². The van der Waals surface area contributed by atoms with Gasteiger partial charge in [-0.1, -0.05) is 75.2 Å². The molecule has 2 atom stereocenters. The van der Waals surface area contributed by atoms with E-state index in [-0.39, 0.29) is 17.9 Å². The summed E-state index contributed by atoms with van der Waals surface area (Å²) >= 11 is 0. The SMILES string of the molecule is CC.CC.COC(=O)C1CCC1c1ccc(N)cc1.COC(C)=O.Cc1ccc(C)cc1. The van der Waals surface area contributed by atoms with Gasteiger partial charge in [-0.15, -0.1) is 0 Å². The Balaban J connectivity index is 0. The number of rotatable bonds is 2. The van der Waals surface area contributed by atoms with E-state index in [4.69, 9.17) is 10.5 Å². The molecule has 0 spiro atoms. The highest BCUT2D eigenvalue weighted by molar-refractivity contribution is 5.74. The molecule has 3 rings (SSSR count). The summed E-state index contributed by atoms with van der Waals surface area (Å²) in [5.74, 6) is 0.0183. The molecule has 2 N–H and O–H groups in total. The summed E-state index contributed by atoms with van der Waals surface area (Å²) in [4.78, 5) is 21.0. The lowest BCUT2D eigenvalue weighted by atomic mass is 9.70. The molecule has 2 aromatic carbocycles. The van der Waals surface area contributed by atoms with Gasteiger partial charge < -0.3 is 15.2 Å². The number of aryl methyl sites for hydroxylation is 2. The molecule has 180 valence electrons. The number of carbonyl (C=O) groups is 2. The maximum atomic E-state index is 11.4. The van der Waals surface area contributed by atoms with Crippen molar-refractivity contribution in [3.63, 3.8) is 0 Å². The van der Waals surface area contributed by atoms with Crippen LogP contribution in [0.3, 0.4) is 0 Å². The van der Waals surface area contributed by atoms with Gasteiger partial charge in [-0.25, -0.2) is 0 Å². The molecule has 2 unspecified atom stereocenters. The topological polar surface area (TPSA) is 78.6 Å². The van der Waals surface area contributed by atoms with E-state index in [1.807, 2.05) is 52.0 Å². The summed E-state index contributed by atoms with van der Waals surface area (Å²) in [5.41, 5.74) is 10.2. The molecule has 0 aromatic heterocycles. The Bertz CT molecular complexity index is 718. The molecule has 0 radical (unpaired) electrons.